The quantitative estimate of drug-likeness (QED) is 0.449. The number of carbonyl (C=O) groups is 3. The van der Waals surface area contributed by atoms with E-state index >= 15 is 0 Å². The van der Waals surface area contributed by atoms with E-state index in [9.17, 15) is 14.4 Å². The Hall–Kier alpha value is -3.39. The molecular weight excluding hydrogens is 424 g/mol. The molecule has 0 aromatic heterocycles. The number of ether oxygens (including phenoxy) is 2. The maximum atomic E-state index is 12.6. The first-order valence-corrected chi connectivity index (χ1v) is 11.1. The molecule has 0 fully saturated rings. The normalized spacial score (nSPS) is 14.0. The monoisotopic (exact) mass is 454 g/mol. The second-order valence-corrected chi connectivity index (χ2v) is 8.03. The van der Waals surface area contributed by atoms with Gasteiger partial charge < -0.3 is 25.2 Å². The molecular formula is C25H30N2O6. The van der Waals surface area contributed by atoms with Crippen molar-refractivity contribution >= 4 is 18.0 Å². The Morgan fingerprint density at radius 2 is 1.61 bits per heavy atom. The van der Waals surface area contributed by atoms with E-state index in [-0.39, 0.29) is 18.9 Å². The zero-order chi connectivity index (χ0) is 23.8. The van der Waals surface area contributed by atoms with Crippen LogP contribution in [0.2, 0.25) is 0 Å². The number of carbonyl (C=O) groups excluding carboxylic acids is 2. The summed E-state index contributed by atoms with van der Waals surface area (Å²) < 4.78 is 10.8. The highest BCUT2D eigenvalue weighted by Gasteiger charge is 2.31. The molecule has 33 heavy (non-hydrogen) atoms. The fourth-order valence-electron chi connectivity index (χ4n) is 4.02. The Bertz CT molecular complexity index is 947. The number of fused-ring (bicyclic) bond motifs is 3. The van der Waals surface area contributed by atoms with Gasteiger partial charge in [-0.25, -0.2) is 4.79 Å². The van der Waals surface area contributed by atoms with Crippen LogP contribution in [0.15, 0.2) is 48.5 Å². The minimum atomic E-state index is -0.940. The van der Waals surface area contributed by atoms with Crippen LogP contribution in [0.3, 0.4) is 0 Å². The summed E-state index contributed by atoms with van der Waals surface area (Å²) in [4.78, 5) is 35.7. The van der Waals surface area contributed by atoms with E-state index < -0.39 is 30.1 Å². The zero-order valence-electron chi connectivity index (χ0n) is 18.9. The van der Waals surface area contributed by atoms with Crippen LogP contribution in [0.1, 0.15) is 43.2 Å². The van der Waals surface area contributed by atoms with Crippen LogP contribution in [0.25, 0.3) is 11.1 Å². The number of alkyl carbamates (subject to hydrolysis) is 1. The minimum Gasteiger partial charge on any atom is -0.481 e. The van der Waals surface area contributed by atoms with Crippen LogP contribution < -0.4 is 10.6 Å². The number of rotatable bonds is 11. The van der Waals surface area contributed by atoms with Gasteiger partial charge in [0.1, 0.15) is 12.6 Å². The van der Waals surface area contributed by atoms with E-state index in [1.165, 1.54) is 7.11 Å². The van der Waals surface area contributed by atoms with Crippen molar-refractivity contribution in [1.29, 1.82) is 0 Å². The smallest absolute Gasteiger partial charge is 0.407 e. The van der Waals surface area contributed by atoms with E-state index in [0.29, 0.717) is 19.4 Å². The first-order valence-electron chi connectivity index (χ1n) is 11.1. The molecule has 8 heteroatoms. The van der Waals surface area contributed by atoms with E-state index in [2.05, 4.69) is 22.8 Å². The number of nitrogens with one attached hydrogen (secondary N) is 2. The molecule has 2 aromatic carbocycles. The Morgan fingerprint density at radius 3 is 2.18 bits per heavy atom. The van der Waals surface area contributed by atoms with Gasteiger partial charge in [-0.1, -0.05) is 48.5 Å². The molecule has 2 amide bonds. The highest BCUT2D eigenvalue weighted by molar-refractivity contribution is 5.86. The summed E-state index contributed by atoms with van der Waals surface area (Å²) in [6.45, 7) is 2.13. The molecule has 2 atom stereocenters. The molecule has 0 aliphatic heterocycles. The summed E-state index contributed by atoms with van der Waals surface area (Å²) in [6, 6.07) is 15.2. The van der Waals surface area contributed by atoms with Crippen LogP contribution >= 0.6 is 0 Å². The summed E-state index contributed by atoms with van der Waals surface area (Å²) in [5.74, 6) is -1.36. The van der Waals surface area contributed by atoms with E-state index in [1.807, 2.05) is 36.4 Å². The molecule has 0 bridgehead atoms. The van der Waals surface area contributed by atoms with Gasteiger partial charge in [0.2, 0.25) is 5.91 Å². The maximum absolute atomic E-state index is 12.6. The molecule has 1 aliphatic carbocycles. The number of benzene rings is 2. The summed E-state index contributed by atoms with van der Waals surface area (Å²) in [5, 5.41) is 14.0. The van der Waals surface area contributed by atoms with Crippen molar-refractivity contribution in [3.63, 3.8) is 0 Å². The third kappa shape index (κ3) is 6.10. The molecule has 3 N–H and O–H groups in total. The van der Waals surface area contributed by atoms with Crippen molar-refractivity contribution in [2.75, 3.05) is 20.3 Å². The first kappa shape index (κ1) is 24.3. The molecule has 0 heterocycles. The maximum Gasteiger partial charge on any atom is 0.407 e. The molecule has 1 aliphatic rings. The minimum absolute atomic E-state index is 0.0474. The molecule has 2 unspecified atom stereocenters. The summed E-state index contributed by atoms with van der Waals surface area (Å²) in [6.07, 6.45) is -0.251. The summed E-state index contributed by atoms with van der Waals surface area (Å²) >= 11 is 0. The largest absolute Gasteiger partial charge is 0.481 e. The van der Waals surface area contributed by atoms with Crippen LogP contribution in [-0.4, -0.2) is 55.5 Å². The second kappa shape index (κ2) is 11.5. The highest BCUT2D eigenvalue weighted by atomic mass is 16.5. The molecule has 0 radical (unpaired) electrons. The number of methoxy groups -OCH3 is 1. The lowest BCUT2D eigenvalue weighted by atomic mass is 9.98. The Morgan fingerprint density at radius 1 is 1.00 bits per heavy atom. The molecule has 3 rings (SSSR count). The number of carboxylic acids is 1. The molecule has 176 valence electrons. The van der Waals surface area contributed by atoms with Gasteiger partial charge in [-0.2, -0.15) is 0 Å². The predicted octanol–water partition coefficient (Wildman–Crippen LogP) is 3.30. The van der Waals surface area contributed by atoms with Crippen molar-refractivity contribution in [1.82, 2.24) is 10.6 Å². The van der Waals surface area contributed by atoms with Gasteiger partial charge in [0.25, 0.3) is 0 Å². The average Bonchev–Trinajstić information content (AvgIpc) is 3.14. The third-order valence-electron chi connectivity index (χ3n) is 5.86. The van der Waals surface area contributed by atoms with Crippen molar-refractivity contribution in [3.8, 4) is 11.1 Å². The lowest BCUT2D eigenvalue weighted by molar-refractivity contribution is -0.137. The topological polar surface area (TPSA) is 114 Å². The molecule has 0 saturated carbocycles. The fourth-order valence-corrected chi connectivity index (χ4v) is 4.02. The standard InChI is InChI=1S/C25H30N2O6/c1-16(32-2)23(24(30)26-14-8-7-13-22(28)29)27-25(31)33-15-21-19-11-5-3-9-17(19)18-10-4-6-12-20(18)21/h3-6,9-12,16,21,23H,7-8,13-15H2,1-2H3,(H,26,30)(H,27,31)(H,28,29). The van der Waals surface area contributed by atoms with E-state index in [0.717, 1.165) is 22.3 Å². The average molecular weight is 455 g/mol. The Kier molecular flexibility index (Phi) is 8.43. The molecule has 0 spiro atoms. The number of hydrogen-bond acceptors (Lipinski definition) is 5. The summed E-state index contributed by atoms with van der Waals surface area (Å²) in [5.41, 5.74) is 4.48. The van der Waals surface area contributed by atoms with Crippen LogP contribution in [-0.2, 0) is 19.1 Å². The highest BCUT2D eigenvalue weighted by Crippen LogP contribution is 2.44. The Balaban J connectivity index is 1.57. The van der Waals surface area contributed by atoms with Crippen molar-refractivity contribution < 1.29 is 29.0 Å². The summed E-state index contributed by atoms with van der Waals surface area (Å²) in [7, 11) is 1.46. The van der Waals surface area contributed by atoms with E-state index in [1.54, 1.807) is 6.92 Å². The fraction of sp³-hybridized carbons (Fsp3) is 0.400. The Labute approximate surface area is 193 Å². The molecule has 0 saturated heterocycles. The van der Waals surface area contributed by atoms with Gasteiger partial charge in [-0.3, -0.25) is 9.59 Å². The van der Waals surface area contributed by atoms with Crippen molar-refractivity contribution in [2.45, 2.75) is 44.2 Å². The van der Waals surface area contributed by atoms with Gasteiger partial charge in [-0.15, -0.1) is 0 Å². The van der Waals surface area contributed by atoms with Gasteiger partial charge in [0.05, 0.1) is 6.10 Å². The second-order valence-electron chi connectivity index (χ2n) is 8.03. The number of amides is 2. The first-order chi connectivity index (χ1) is 15.9. The lowest BCUT2D eigenvalue weighted by Crippen LogP contribution is -2.53. The van der Waals surface area contributed by atoms with Gasteiger partial charge in [-0.05, 0) is 42.0 Å². The molecule has 8 nitrogen and oxygen atoms in total. The van der Waals surface area contributed by atoms with Gasteiger partial charge >= 0.3 is 12.1 Å². The van der Waals surface area contributed by atoms with Crippen LogP contribution in [0.5, 0.6) is 0 Å². The van der Waals surface area contributed by atoms with Crippen molar-refractivity contribution in [2.24, 2.45) is 0 Å². The third-order valence-corrected chi connectivity index (χ3v) is 5.86. The van der Waals surface area contributed by atoms with E-state index in [4.69, 9.17) is 14.6 Å². The van der Waals surface area contributed by atoms with Crippen LogP contribution in [0.4, 0.5) is 4.79 Å². The number of aliphatic carboxylic acids is 1. The number of hydrogen-bond donors (Lipinski definition) is 3. The van der Waals surface area contributed by atoms with Crippen LogP contribution in [0, 0.1) is 0 Å². The van der Waals surface area contributed by atoms with Gasteiger partial charge in [0.15, 0.2) is 0 Å². The van der Waals surface area contributed by atoms with Gasteiger partial charge in [0, 0.05) is 26.0 Å². The number of unbranched alkanes of at least 4 members (excludes halogenated alkanes) is 1. The number of carboxylic acid groups (broad SMARTS) is 1. The molecule has 2 aromatic rings. The zero-order valence-corrected chi connectivity index (χ0v) is 18.9. The lowest BCUT2D eigenvalue weighted by Gasteiger charge is -2.23. The SMILES string of the molecule is COC(C)C(NC(=O)OCC1c2ccccc2-c2ccccc21)C(=O)NCCCCC(=O)O. The predicted molar refractivity (Wildman–Crippen MR) is 123 cm³/mol. The van der Waals surface area contributed by atoms with Crippen molar-refractivity contribution in [3.05, 3.63) is 59.7 Å².